The lowest BCUT2D eigenvalue weighted by atomic mass is 10.4. The molecule has 1 fully saturated rings. The number of thioether (sulfide) groups is 1. The molecule has 0 spiro atoms. The molecule has 1 aromatic heterocycles. The first-order chi connectivity index (χ1) is 9.03. The van der Waals surface area contributed by atoms with E-state index in [0.717, 1.165) is 10.6 Å². The van der Waals surface area contributed by atoms with Gasteiger partial charge in [-0.15, -0.1) is 11.3 Å². The maximum Gasteiger partial charge on any atom is 0.241 e. The van der Waals surface area contributed by atoms with Crippen LogP contribution in [0.25, 0.3) is 0 Å². The molecule has 0 radical (unpaired) electrons. The van der Waals surface area contributed by atoms with E-state index in [9.17, 15) is 8.42 Å². The van der Waals surface area contributed by atoms with E-state index in [2.05, 4.69) is 10.0 Å². The average Bonchev–Trinajstić information content (AvgIpc) is 3.02. The normalized spacial score (nSPS) is 17.6. The third-order valence-corrected chi connectivity index (χ3v) is 6.45. The summed E-state index contributed by atoms with van der Waals surface area (Å²) < 4.78 is 27.4. The summed E-state index contributed by atoms with van der Waals surface area (Å²) in [5, 5.41) is 5.21. The monoisotopic (exact) mass is 320 g/mol. The summed E-state index contributed by atoms with van der Waals surface area (Å²) in [4.78, 5) is 1.33. The first-order valence-electron chi connectivity index (χ1n) is 6.34. The highest BCUT2D eigenvalue weighted by Gasteiger charge is 2.24. The highest BCUT2D eigenvalue weighted by Crippen LogP contribution is 2.25. The Kier molecular flexibility index (Phi) is 5.30. The van der Waals surface area contributed by atoms with Gasteiger partial charge in [-0.05, 0) is 37.5 Å². The van der Waals surface area contributed by atoms with Gasteiger partial charge in [-0.25, -0.2) is 13.1 Å². The molecule has 0 aromatic carbocycles. The summed E-state index contributed by atoms with van der Waals surface area (Å²) in [7, 11) is -3.39. The van der Waals surface area contributed by atoms with E-state index in [1.807, 2.05) is 18.6 Å². The Morgan fingerprint density at radius 1 is 1.53 bits per heavy atom. The molecular weight excluding hydrogens is 300 g/mol. The zero-order valence-electron chi connectivity index (χ0n) is 11.2. The van der Waals surface area contributed by atoms with Gasteiger partial charge < -0.3 is 5.32 Å². The predicted molar refractivity (Wildman–Crippen MR) is 82.3 cm³/mol. The Hall–Kier alpha value is -0.0800. The lowest BCUT2D eigenvalue weighted by Gasteiger charge is -2.13. The van der Waals surface area contributed by atoms with Crippen LogP contribution in [0.2, 0.25) is 0 Å². The van der Waals surface area contributed by atoms with E-state index in [1.54, 1.807) is 17.8 Å². The quantitative estimate of drug-likeness (QED) is 0.769. The van der Waals surface area contributed by atoms with Crippen LogP contribution >= 0.6 is 23.1 Å². The van der Waals surface area contributed by atoms with E-state index < -0.39 is 10.0 Å². The van der Waals surface area contributed by atoms with Gasteiger partial charge >= 0.3 is 0 Å². The molecule has 1 unspecified atom stereocenters. The summed E-state index contributed by atoms with van der Waals surface area (Å²) >= 11 is 3.14. The van der Waals surface area contributed by atoms with Crippen LogP contribution in [0.4, 0.5) is 0 Å². The van der Waals surface area contributed by atoms with Crippen molar-refractivity contribution in [2.24, 2.45) is 0 Å². The van der Waals surface area contributed by atoms with E-state index in [0.29, 0.717) is 17.5 Å². The maximum atomic E-state index is 12.3. The van der Waals surface area contributed by atoms with Crippen molar-refractivity contribution in [2.45, 2.75) is 43.3 Å². The molecule has 0 aliphatic heterocycles. The highest BCUT2D eigenvalue weighted by atomic mass is 32.2. The van der Waals surface area contributed by atoms with Crippen LogP contribution < -0.4 is 10.0 Å². The summed E-state index contributed by atoms with van der Waals surface area (Å²) in [5.74, 6) is 0.777. The van der Waals surface area contributed by atoms with Crippen molar-refractivity contribution in [3.8, 4) is 0 Å². The minimum atomic E-state index is -3.39. The minimum Gasteiger partial charge on any atom is -0.309 e. The first kappa shape index (κ1) is 15.3. The third kappa shape index (κ3) is 4.46. The van der Waals surface area contributed by atoms with Crippen molar-refractivity contribution in [2.75, 3.05) is 12.0 Å². The molecule has 0 bridgehead atoms. The van der Waals surface area contributed by atoms with Gasteiger partial charge in [0.1, 0.15) is 0 Å². The second-order valence-electron chi connectivity index (χ2n) is 4.84. The zero-order chi connectivity index (χ0) is 13.9. The van der Waals surface area contributed by atoms with E-state index in [4.69, 9.17) is 0 Å². The van der Waals surface area contributed by atoms with Gasteiger partial charge in [-0.2, -0.15) is 11.8 Å². The fraction of sp³-hybridized carbons (Fsp3) is 0.667. The number of thiophene rings is 1. The summed E-state index contributed by atoms with van der Waals surface area (Å²) in [6.07, 6.45) is 4.38. The Morgan fingerprint density at radius 2 is 2.26 bits per heavy atom. The van der Waals surface area contributed by atoms with Crippen molar-refractivity contribution in [3.05, 3.63) is 16.3 Å². The van der Waals surface area contributed by atoms with Crippen molar-refractivity contribution < 1.29 is 8.42 Å². The van der Waals surface area contributed by atoms with Gasteiger partial charge in [0.25, 0.3) is 0 Å². The summed E-state index contributed by atoms with van der Waals surface area (Å²) in [6, 6.07) is 2.23. The molecular formula is C12H20N2O2S3. The maximum absolute atomic E-state index is 12.3. The largest absolute Gasteiger partial charge is 0.309 e. The first-order valence-corrected chi connectivity index (χ1v) is 10.1. The Bertz CT molecular complexity index is 509. The van der Waals surface area contributed by atoms with Gasteiger partial charge in [-0.3, -0.25) is 0 Å². The van der Waals surface area contributed by atoms with Gasteiger partial charge in [0.15, 0.2) is 0 Å². The van der Waals surface area contributed by atoms with Gasteiger partial charge in [0.05, 0.1) is 4.90 Å². The van der Waals surface area contributed by atoms with Crippen LogP contribution in [0.1, 0.15) is 24.6 Å². The number of sulfonamides is 1. The van der Waals surface area contributed by atoms with Crippen molar-refractivity contribution in [3.63, 3.8) is 0 Å². The molecule has 0 amide bonds. The molecule has 7 heteroatoms. The highest BCUT2D eigenvalue weighted by molar-refractivity contribution is 7.98. The zero-order valence-corrected chi connectivity index (χ0v) is 13.6. The molecule has 2 N–H and O–H groups in total. The SMILES string of the molecule is CSCC(C)NS(=O)(=O)c1ccsc1CNC1CC1. The molecule has 2 rings (SSSR count). The summed E-state index contributed by atoms with van der Waals surface area (Å²) in [6.45, 7) is 2.54. The van der Waals surface area contributed by atoms with Crippen LogP contribution in [-0.2, 0) is 16.6 Å². The van der Waals surface area contributed by atoms with Crippen molar-refractivity contribution >= 4 is 33.1 Å². The van der Waals surface area contributed by atoms with Crippen LogP contribution in [0.5, 0.6) is 0 Å². The second kappa shape index (κ2) is 6.58. The Balaban J connectivity index is 2.04. The second-order valence-corrected chi connectivity index (χ2v) is 8.43. The van der Waals surface area contributed by atoms with E-state index in [-0.39, 0.29) is 6.04 Å². The summed E-state index contributed by atoms with van der Waals surface area (Å²) in [5.41, 5.74) is 0. The lowest BCUT2D eigenvalue weighted by Crippen LogP contribution is -2.34. The molecule has 1 aliphatic rings. The van der Waals surface area contributed by atoms with E-state index >= 15 is 0 Å². The molecule has 1 aliphatic carbocycles. The fourth-order valence-corrected chi connectivity index (χ4v) is 5.16. The van der Waals surface area contributed by atoms with Crippen LogP contribution in [0.15, 0.2) is 16.3 Å². The lowest BCUT2D eigenvalue weighted by molar-refractivity contribution is 0.569. The van der Waals surface area contributed by atoms with E-state index in [1.165, 1.54) is 24.2 Å². The predicted octanol–water partition coefficient (Wildman–Crippen LogP) is 2.03. The molecule has 4 nitrogen and oxygen atoms in total. The number of nitrogens with one attached hydrogen (secondary N) is 2. The molecule has 19 heavy (non-hydrogen) atoms. The molecule has 1 saturated carbocycles. The number of hydrogen-bond donors (Lipinski definition) is 2. The van der Waals surface area contributed by atoms with Crippen LogP contribution in [0.3, 0.4) is 0 Å². The standard InChI is InChI=1S/C12H20N2O2S3/c1-9(8-17-2)14-19(15,16)12-5-6-18-11(12)7-13-10-3-4-10/h5-6,9-10,13-14H,3-4,7-8H2,1-2H3. The number of rotatable bonds is 8. The third-order valence-electron chi connectivity index (χ3n) is 2.90. The van der Waals surface area contributed by atoms with Crippen molar-refractivity contribution in [1.82, 2.24) is 10.0 Å². The molecule has 1 atom stereocenters. The Labute approximate surface area is 123 Å². The van der Waals surface area contributed by atoms with Crippen LogP contribution in [0, 0.1) is 0 Å². The van der Waals surface area contributed by atoms with Crippen LogP contribution in [-0.4, -0.2) is 32.5 Å². The smallest absolute Gasteiger partial charge is 0.241 e. The average molecular weight is 321 g/mol. The topological polar surface area (TPSA) is 58.2 Å². The van der Waals surface area contributed by atoms with Gasteiger partial charge in [0, 0.05) is 29.3 Å². The van der Waals surface area contributed by atoms with Gasteiger partial charge in [-0.1, -0.05) is 0 Å². The minimum absolute atomic E-state index is 0.0517. The molecule has 108 valence electrons. The van der Waals surface area contributed by atoms with Crippen molar-refractivity contribution in [1.29, 1.82) is 0 Å². The molecule has 1 aromatic rings. The van der Waals surface area contributed by atoms with Gasteiger partial charge in [0.2, 0.25) is 10.0 Å². The fourth-order valence-electron chi connectivity index (χ4n) is 1.83. The molecule has 0 saturated heterocycles. The molecule has 1 heterocycles. The Morgan fingerprint density at radius 3 is 2.89 bits per heavy atom. The number of hydrogen-bond acceptors (Lipinski definition) is 5.